The summed E-state index contributed by atoms with van der Waals surface area (Å²) < 4.78 is 0. The van der Waals surface area contributed by atoms with E-state index >= 15 is 0 Å². The van der Waals surface area contributed by atoms with Gasteiger partial charge in [-0.15, -0.1) is 11.3 Å². The minimum Gasteiger partial charge on any atom is -0.503 e. The van der Waals surface area contributed by atoms with E-state index < -0.39 is 29.8 Å². The highest BCUT2D eigenvalue weighted by Crippen LogP contribution is 2.47. The van der Waals surface area contributed by atoms with E-state index in [-0.39, 0.29) is 12.0 Å². The van der Waals surface area contributed by atoms with Crippen molar-refractivity contribution in [3.8, 4) is 0 Å². The Hall–Kier alpha value is -3.42. The third kappa shape index (κ3) is 4.17. The van der Waals surface area contributed by atoms with Crippen LogP contribution < -0.4 is 4.90 Å². The molecule has 6 nitrogen and oxygen atoms in total. The summed E-state index contributed by atoms with van der Waals surface area (Å²) in [5.41, 5.74) is 5.26. The summed E-state index contributed by atoms with van der Waals surface area (Å²) in [4.78, 5) is 26.5. The normalized spacial score (nSPS) is 17.0. The second kappa shape index (κ2) is 8.84. The molecule has 1 aliphatic rings. The number of anilines is 1. The molecule has 2 aromatic carbocycles. The first-order valence-corrected chi connectivity index (χ1v) is 11.4. The molecule has 1 aromatic heterocycles. The summed E-state index contributed by atoms with van der Waals surface area (Å²) in [5, 5.41) is 33.0. The smallest absolute Gasteiger partial charge is 0.307 e. The fraction of sp³-hybridized carbons (Fsp3) is 0.231. The molecule has 0 spiro atoms. The number of carbonyl (C=O) groups is 2. The number of aliphatic hydroxyl groups is 2. The zero-order valence-electron chi connectivity index (χ0n) is 18.6. The molecule has 0 saturated heterocycles. The monoisotopic (exact) mass is 463 g/mol. The molecule has 7 heteroatoms. The lowest BCUT2D eigenvalue weighted by molar-refractivity contribution is -0.136. The summed E-state index contributed by atoms with van der Waals surface area (Å²) in [6, 6.07) is 13.6. The number of hydrogen-bond donors (Lipinski definition) is 3. The molecule has 0 radical (unpaired) electrons. The molecule has 1 aliphatic heterocycles. The number of carbonyl (C=O) groups excluding carboxylic acids is 1. The largest absolute Gasteiger partial charge is 0.503 e. The Morgan fingerprint density at radius 3 is 2.33 bits per heavy atom. The van der Waals surface area contributed by atoms with Gasteiger partial charge in [-0.1, -0.05) is 30.3 Å². The Kier molecular flexibility index (Phi) is 6.10. The molecule has 3 aromatic rings. The van der Waals surface area contributed by atoms with Gasteiger partial charge in [0, 0.05) is 16.1 Å². The zero-order valence-corrected chi connectivity index (χ0v) is 19.4. The van der Waals surface area contributed by atoms with Gasteiger partial charge in [-0.05, 0) is 72.2 Å². The number of carboxylic acid groups (broad SMARTS) is 1. The van der Waals surface area contributed by atoms with Crippen LogP contribution in [-0.4, -0.2) is 27.2 Å². The molecule has 170 valence electrons. The maximum Gasteiger partial charge on any atom is 0.307 e. The highest BCUT2D eigenvalue weighted by Gasteiger charge is 2.45. The van der Waals surface area contributed by atoms with Crippen molar-refractivity contribution in [3.05, 3.63) is 97.9 Å². The van der Waals surface area contributed by atoms with Crippen molar-refractivity contribution in [3.63, 3.8) is 0 Å². The Bertz CT molecular complexity index is 1240. The van der Waals surface area contributed by atoms with Crippen LogP contribution in [0.5, 0.6) is 0 Å². The van der Waals surface area contributed by atoms with E-state index in [1.54, 1.807) is 30.3 Å². The van der Waals surface area contributed by atoms with Crippen molar-refractivity contribution in [2.45, 2.75) is 39.3 Å². The number of nitrogens with zero attached hydrogens (tertiary/aromatic N) is 1. The first-order valence-electron chi connectivity index (χ1n) is 10.6. The van der Waals surface area contributed by atoms with Crippen molar-refractivity contribution in [2.75, 3.05) is 4.90 Å². The molecule has 2 atom stereocenters. The van der Waals surface area contributed by atoms with Crippen LogP contribution in [0.4, 0.5) is 5.69 Å². The van der Waals surface area contributed by atoms with Gasteiger partial charge in [0.25, 0.3) is 5.91 Å². The minimum atomic E-state index is -1.14. The summed E-state index contributed by atoms with van der Waals surface area (Å²) in [7, 11) is 0. The first kappa shape index (κ1) is 22.8. The quantitative estimate of drug-likeness (QED) is 0.481. The van der Waals surface area contributed by atoms with Gasteiger partial charge in [0.1, 0.15) is 6.10 Å². The van der Waals surface area contributed by atoms with Crippen LogP contribution in [0.25, 0.3) is 0 Å². The summed E-state index contributed by atoms with van der Waals surface area (Å²) in [5.74, 6) is -2.01. The highest BCUT2D eigenvalue weighted by atomic mass is 32.1. The third-order valence-corrected chi connectivity index (χ3v) is 7.03. The van der Waals surface area contributed by atoms with Crippen LogP contribution in [0.1, 0.15) is 44.8 Å². The lowest BCUT2D eigenvalue weighted by Crippen LogP contribution is -2.31. The number of carboxylic acids is 1. The molecular weight excluding hydrogens is 438 g/mol. The molecule has 33 heavy (non-hydrogen) atoms. The van der Waals surface area contributed by atoms with Crippen LogP contribution in [-0.2, 0) is 16.0 Å². The molecule has 0 aliphatic carbocycles. The highest BCUT2D eigenvalue weighted by molar-refractivity contribution is 7.10. The number of rotatable bonds is 6. The predicted octanol–water partition coefficient (Wildman–Crippen LogP) is 4.93. The SMILES string of the molecule is Cc1cc(C)c([C@H]2C([C@H](O)c3cccs3)=C(O)C(=O)N2c2ccc(CC(=O)O)cc2)cc1C. The van der Waals surface area contributed by atoms with Crippen LogP contribution >= 0.6 is 11.3 Å². The van der Waals surface area contributed by atoms with Crippen LogP contribution in [0.3, 0.4) is 0 Å². The predicted molar refractivity (Wildman–Crippen MR) is 128 cm³/mol. The van der Waals surface area contributed by atoms with Gasteiger partial charge >= 0.3 is 5.97 Å². The van der Waals surface area contributed by atoms with Gasteiger partial charge in [0.2, 0.25) is 0 Å². The van der Waals surface area contributed by atoms with Gasteiger partial charge in [-0.25, -0.2) is 0 Å². The van der Waals surface area contributed by atoms with Gasteiger partial charge < -0.3 is 15.3 Å². The first-order chi connectivity index (χ1) is 15.7. The van der Waals surface area contributed by atoms with Gasteiger partial charge in [0.15, 0.2) is 5.76 Å². The van der Waals surface area contributed by atoms with Crippen molar-refractivity contribution >= 4 is 28.9 Å². The van der Waals surface area contributed by atoms with E-state index in [0.29, 0.717) is 16.1 Å². The number of hydrogen-bond acceptors (Lipinski definition) is 5. The molecule has 4 rings (SSSR count). The summed E-state index contributed by atoms with van der Waals surface area (Å²) >= 11 is 1.35. The van der Waals surface area contributed by atoms with E-state index in [1.807, 2.05) is 44.4 Å². The molecule has 0 fully saturated rings. The van der Waals surface area contributed by atoms with E-state index in [9.17, 15) is 19.8 Å². The number of aliphatic hydroxyl groups excluding tert-OH is 2. The number of aliphatic carboxylic acids is 1. The van der Waals surface area contributed by atoms with Gasteiger partial charge in [-0.3, -0.25) is 14.5 Å². The molecule has 3 N–H and O–H groups in total. The topological polar surface area (TPSA) is 98.1 Å². The maximum absolute atomic E-state index is 13.3. The lowest BCUT2D eigenvalue weighted by atomic mass is 9.89. The van der Waals surface area contributed by atoms with Crippen molar-refractivity contribution < 1.29 is 24.9 Å². The Labute approximate surface area is 196 Å². The lowest BCUT2D eigenvalue weighted by Gasteiger charge is -2.30. The second-order valence-electron chi connectivity index (χ2n) is 8.33. The van der Waals surface area contributed by atoms with Gasteiger partial charge in [-0.2, -0.15) is 0 Å². The van der Waals surface area contributed by atoms with Crippen LogP contribution in [0, 0.1) is 20.8 Å². The molecule has 2 heterocycles. The number of aryl methyl sites for hydroxylation is 3. The number of benzene rings is 2. The fourth-order valence-corrected chi connectivity index (χ4v) is 5.03. The van der Waals surface area contributed by atoms with Gasteiger partial charge in [0.05, 0.1) is 12.5 Å². The standard InChI is InChI=1S/C26H25NO5S/c1-14-11-16(3)19(12-15(14)2)23-22(24(30)20-5-4-10-33-20)25(31)26(32)27(23)18-8-6-17(7-9-18)13-21(28)29/h4-12,23-24,30-31H,13H2,1-3H3,(H,28,29)/t23-,24+/m0/s1. The average molecular weight is 464 g/mol. The molecule has 1 amide bonds. The Balaban J connectivity index is 1.87. The van der Waals surface area contributed by atoms with E-state index in [1.165, 1.54) is 16.2 Å². The fourth-order valence-electron chi connectivity index (χ4n) is 4.30. The Morgan fingerprint density at radius 1 is 1.06 bits per heavy atom. The summed E-state index contributed by atoms with van der Waals surface area (Å²) in [6.45, 7) is 5.95. The minimum absolute atomic E-state index is 0.125. The second-order valence-corrected chi connectivity index (χ2v) is 9.31. The molecule has 0 bridgehead atoms. The van der Waals surface area contributed by atoms with Crippen molar-refractivity contribution in [2.24, 2.45) is 0 Å². The number of thiophene rings is 1. The van der Waals surface area contributed by atoms with Crippen LogP contribution in [0.15, 0.2) is 65.2 Å². The van der Waals surface area contributed by atoms with Crippen molar-refractivity contribution in [1.82, 2.24) is 0 Å². The molecule has 0 saturated carbocycles. The van der Waals surface area contributed by atoms with E-state index in [4.69, 9.17) is 5.11 Å². The summed E-state index contributed by atoms with van der Waals surface area (Å²) in [6.07, 6.45) is -1.27. The molecular formula is C26H25NO5S. The number of amides is 1. The molecule has 0 unspecified atom stereocenters. The Morgan fingerprint density at radius 2 is 1.73 bits per heavy atom. The van der Waals surface area contributed by atoms with E-state index in [2.05, 4.69) is 0 Å². The average Bonchev–Trinajstić information content (AvgIpc) is 3.38. The van der Waals surface area contributed by atoms with Crippen molar-refractivity contribution in [1.29, 1.82) is 0 Å². The van der Waals surface area contributed by atoms with Crippen LogP contribution in [0.2, 0.25) is 0 Å². The third-order valence-electron chi connectivity index (χ3n) is 6.10. The zero-order chi connectivity index (χ0) is 23.9. The van der Waals surface area contributed by atoms with E-state index in [0.717, 1.165) is 22.3 Å². The maximum atomic E-state index is 13.3.